The predicted molar refractivity (Wildman–Crippen MR) is 82.0 cm³/mol. The van der Waals surface area contributed by atoms with E-state index >= 15 is 0 Å². The second-order valence-electron chi connectivity index (χ2n) is 5.61. The summed E-state index contributed by atoms with van der Waals surface area (Å²) in [4.78, 5) is 2.34. The van der Waals surface area contributed by atoms with E-state index in [2.05, 4.69) is 24.1 Å². The van der Waals surface area contributed by atoms with Crippen LogP contribution in [0.1, 0.15) is 31.9 Å². The van der Waals surface area contributed by atoms with Gasteiger partial charge in [0.25, 0.3) is 0 Å². The predicted octanol–water partition coefficient (Wildman–Crippen LogP) is 2.95. The maximum Gasteiger partial charge on any atom is 0.165 e. The quantitative estimate of drug-likeness (QED) is 0.897. The first-order chi connectivity index (χ1) is 9.09. The van der Waals surface area contributed by atoms with Gasteiger partial charge in [0.15, 0.2) is 11.6 Å². The number of para-hydroxylation sites is 1. The molecule has 0 spiro atoms. The number of aromatic hydroxyl groups is 1. The second kappa shape index (κ2) is 7.81. The van der Waals surface area contributed by atoms with Gasteiger partial charge in [-0.15, -0.1) is 12.4 Å². The lowest BCUT2D eigenvalue weighted by atomic mass is 9.94. The van der Waals surface area contributed by atoms with Crippen LogP contribution in [0.5, 0.6) is 5.75 Å². The minimum atomic E-state index is -0.526. The molecule has 1 aromatic carbocycles. The standard InChI is InChI=1S/C15H23FN2O.ClH/c1-11(2)10-14(18-8-6-17-7-9-18)12-4-3-5-13(16)15(12)19;/h3-5,11,14,17,19H,6-10H2,1-2H3;1H/t14-;/m0./s1. The molecule has 0 aliphatic carbocycles. The van der Waals surface area contributed by atoms with E-state index in [4.69, 9.17) is 0 Å². The van der Waals surface area contributed by atoms with Crippen molar-refractivity contribution in [2.45, 2.75) is 26.3 Å². The van der Waals surface area contributed by atoms with E-state index in [1.165, 1.54) is 6.07 Å². The molecule has 2 rings (SSSR count). The average molecular weight is 303 g/mol. The van der Waals surface area contributed by atoms with Crippen LogP contribution in [0.3, 0.4) is 0 Å². The van der Waals surface area contributed by atoms with E-state index in [1.54, 1.807) is 6.07 Å². The fourth-order valence-electron chi connectivity index (χ4n) is 2.71. The van der Waals surface area contributed by atoms with E-state index in [0.717, 1.165) is 38.2 Å². The minimum absolute atomic E-state index is 0. The molecule has 0 saturated carbocycles. The van der Waals surface area contributed by atoms with Gasteiger partial charge in [-0.3, -0.25) is 4.90 Å². The van der Waals surface area contributed by atoms with E-state index in [-0.39, 0.29) is 24.2 Å². The maximum absolute atomic E-state index is 13.6. The van der Waals surface area contributed by atoms with Crippen molar-refractivity contribution >= 4 is 12.4 Å². The van der Waals surface area contributed by atoms with Crippen LogP contribution in [0.25, 0.3) is 0 Å². The van der Waals surface area contributed by atoms with Crippen LogP contribution >= 0.6 is 12.4 Å². The number of nitrogens with zero attached hydrogens (tertiary/aromatic N) is 1. The third-order valence-electron chi connectivity index (χ3n) is 3.66. The van der Waals surface area contributed by atoms with Crippen LogP contribution < -0.4 is 5.32 Å². The molecule has 1 aromatic rings. The van der Waals surface area contributed by atoms with Crippen LogP contribution in [0.15, 0.2) is 18.2 Å². The largest absolute Gasteiger partial charge is 0.505 e. The maximum atomic E-state index is 13.6. The molecule has 0 amide bonds. The number of phenols is 1. The highest BCUT2D eigenvalue weighted by Crippen LogP contribution is 2.34. The van der Waals surface area contributed by atoms with E-state index in [9.17, 15) is 9.50 Å². The third-order valence-corrected chi connectivity index (χ3v) is 3.66. The highest BCUT2D eigenvalue weighted by molar-refractivity contribution is 5.85. The number of rotatable bonds is 4. The average Bonchev–Trinajstić information content (AvgIpc) is 2.40. The summed E-state index contributed by atoms with van der Waals surface area (Å²) < 4.78 is 13.6. The van der Waals surface area contributed by atoms with Crippen molar-refractivity contribution in [2.75, 3.05) is 26.2 Å². The van der Waals surface area contributed by atoms with Crippen LogP contribution in [0.4, 0.5) is 4.39 Å². The number of nitrogens with one attached hydrogen (secondary N) is 1. The monoisotopic (exact) mass is 302 g/mol. The van der Waals surface area contributed by atoms with Crippen LogP contribution in [-0.4, -0.2) is 36.2 Å². The van der Waals surface area contributed by atoms with E-state index in [1.807, 2.05) is 6.07 Å². The molecule has 114 valence electrons. The Balaban J connectivity index is 0.00000200. The Hall–Kier alpha value is -0.840. The molecule has 2 N–H and O–H groups in total. The van der Waals surface area contributed by atoms with Crippen molar-refractivity contribution in [3.63, 3.8) is 0 Å². The Kier molecular flexibility index (Phi) is 6.72. The van der Waals surface area contributed by atoms with E-state index in [0.29, 0.717) is 5.92 Å². The van der Waals surface area contributed by atoms with Gasteiger partial charge in [0.05, 0.1) is 0 Å². The molecule has 3 nitrogen and oxygen atoms in total. The first kappa shape index (κ1) is 17.2. The summed E-state index contributed by atoms with van der Waals surface area (Å²) in [6, 6.07) is 4.92. The van der Waals surface area contributed by atoms with E-state index < -0.39 is 5.82 Å². The summed E-state index contributed by atoms with van der Waals surface area (Å²) in [6.07, 6.45) is 0.928. The van der Waals surface area contributed by atoms with Gasteiger partial charge in [0.2, 0.25) is 0 Å². The molecule has 1 aliphatic rings. The number of hydrogen-bond donors (Lipinski definition) is 2. The Morgan fingerprint density at radius 2 is 1.95 bits per heavy atom. The first-order valence-electron chi connectivity index (χ1n) is 7.01. The van der Waals surface area contributed by atoms with Crippen molar-refractivity contribution in [1.29, 1.82) is 0 Å². The summed E-state index contributed by atoms with van der Waals surface area (Å²) >= 11 is 0. The summed E-state index contributed by atoms with van der Waals surface area (Å²) in [5.41, 5.74) is 0.718. The molecule has 5 heteroatoms. The lowest BCUT2D eigenvalue weighted by Crippen LogP contribution is -2.45. The Labute approximate surface area is 126 Å². The number of phenolic OH excluding ortho intramolecular Hbond substituents is 1. The van der Waals surface area contributed by atoms with Crippen molar-refractivity contribution in [2.24, 2.45) is 5.92 Å². The molecule has 0 bridgehead atoms. The van der Waals surface area contributed by atoms with Crippen molar-refractivity contribution < 1.29 is 9.50 Å². The Morgan fingerprint density at radius 3 is 2.55 bits per heavy atom. The molecular formula is C15H24ClFN2O. The second-order valence-corrected chi connectivity index (χ2v) is 5.61. The molecule has 1 atom stereocenters. The van der Waals surface area contributed by atoms with Gasteiger partial charge in [0, 0.05) is 37.8 Å². The molecule has 1 heterocycles. The highest BCUT2D eigenvalue weighted by Gasteiger charge is 2.26. The topological polar surface area (TPSA) is 35.5 Å². The Morgan fingerprint density at radius 1 is 1.30 bits per heavy atom. The van der Waals surface area contributed by atoms with Gasteiger partial charge >= 0.3 is 0 Å². The molecule has 1 fully saturated rings. The van der Waals surface area contributed by atoms with Gasteiger partial charge < -0.3 is 10.4 Å². The van der Waals surface area contributed by atoms with Crippen LogP contribution in [-0.2, 0) is 0 Å². The van der Waals surface area contributed by atoms with Crippen LogP contribution in [0, 0.1) is 11.7 Å². The number of hydrogen-bond acceptors (Lipinski definition) is 3. The zero-order chi connectivity index (χ0) is 13.8. The summed E-state index contributed by atoms with van der Waals surface area (Å²) in [5, 5.41) is 13.3. The lowest BCUT2D eigenvalue weighted by Gasteiger charge is -2.36. The summed E-state index contributed by atoms with van der Waals surface area (Å²) in [5.74, 6) is -0.212. The zero-order valence-electron chi connectivity index (χ0n) is 12.1. The van der Waals surface area contributed by atoms with Gasteiger partial charge in [-0.25, -0.2) is 4.39 Å². The molecular weight excluding hydrogens is 279 g/mol. The van der Waals surface area contributed by atoms with Gasteiger partial charge in [0.1, 0.15) is 0 Å². The van der Waals surface area contributed by atoms with Gasteiger partial charge in [-0.05, 0) is 18.4 Å². The molecule has 20 heavy (non-hydrogen) atoms. The number of benzene rings is 1. The summed E-state index contributed by atoms with van der Waals surface area (Å²) in [6.45, 7) is 8.09. The fraction of sp³-hybridized carbons (Fsp3) is 0.600. The van der Waals surface area contributed by atoms with Crippen molar-refractivity contribution in [1.82, 2.24) is 10.2 Å². The Bertz CT molecular complexity index is 422. The molecule has 0 aromatic heterocycles. The van der Waals surface area contributed by atoms with Gasteiger partial charge in [-0.2, -0.15) is 0 Å². The first-order valence-corrected chi connectivity index (χ1v) is 7.01. The highest BCUT2D eigenvalue weighted by atomic mass is 35.5. The molecule has 1 aliphatic heterocycles. The van der Waals surface area contributed by atoms with Crippen LogP contribution in [0.2, 0.25) is 0 Å². The van der Waals surface area contributed by atoms with Gasteiger partial charge in [-0.1, -0.05) is 26.0 Å². The molecule has 0 radical (unpaired) electrons. The van der Waals surface area contributed by atoms with Crippen molar-refractivity contribution in [3.8, 4) is 5.75 Å². The SMILES string of the molecule is CC(C)C[C@@H](c1cccc(F)c1O)N1CCNCC1.Cl. The third kappa shape index (κ3) is 4.08. The molecule has 0 unspecified atom stereocenters. The zero-order valence-corrected chi connectivity index (χ0v) is 12.9. The normalized spacial score (nSPS) is 17.8. The number of piperazine rings is 1. The lowest BCUT2D eigenvalue weighted by molar-refractivity contribution is 0.151. The smallest absolute Gasteiger partial charge is 0.165 e. The minimum Gasteiger partial charge on any atom is -0.505 e. The number of halogens is 2. The molecule has 1 saturated heterocycles. The van der Waals surface area contributed by atoms with Crippen molar-refractivity contribution in [3.05, 3.63) is 29.6 Å². The summed E-state index contributed by atoms with van der Waals surface area (Å²) in [7, 11) is 0. The fourth-order valence-corrected chi connectivity index (χ4v) is 2.71.